The summed E-state index contributed by atoms with van der Waals surface area (Å²) < 4.78 is 4.64. The van der Waals surface area contributed by atoms with E-state index in [1.165, 1.54) is 7.11 Å². The lowest BCUT2D eigenvalue weighted by molar-refractivity contribution is 0.0586. The van der Waals surface area contributed by atoms with Crippen molar-refractivity contribution in [3.8, 4) is 0 Å². The van der Waals surface area contributed by atoms with Crippen molar-refractivity contribution in [1.82, 2.24) is 9.97 Å². The summed E-state index contributed by atoms with van der Waals surface area (Å²) in [5.74, 6) is 0.0657. The van der Waals surface area contributed by atoms with E-state index in [0.717, 1.165) is 16.8 Å². The minimum Gasteiger partial charge on any atom is -0.463 e. The van der Waals surface area contributed by atoms with Crippen molar-refractivity contribution in [3.05, 3.63) is 46.9 Å². The molecule has 0 saturated carbocycles. The number of esters is 1. The number of methoxy groups -OCH3 is 1. The van der Waals surface area contributed by atoms with E-state index < -0.39 is 5.97 Å². The highest BCUT2D eigenvalue weighted by Gasteiger charge is 2.11. The summed E-state index contributed by atoms with van der Waals surface area (Å²) in [6.07, 6.45) is 0. The molecule has 1 heterocycles. The number of rotatable bonds is 4. The number of aryl methyl sites for hydroxylation is 1. The van der Waals surface area contributed by atoms with Gasteiger partial charge < -0.3 is 15.8 Å². The Bertz CT molecular complexity index is 671. The quantitative estimate of drug-likeness (QED) is 0.660. The first kappa shape index (κ1) is 14.8. The van der Waals surface area contributed by atoms with Crippen LogP contribution in [0.2, 0.25) is 0 Å². The van der Waals surface area contributed by atoms with Crippen molar-refractivity contribution in [1.29, 1.82) is 0 Å². The number of carbonyl (C=O) groups excluding carboxylic acids is 1. The number of nitrogens with two attached hydrogens (primary N) is 1. The van der Waals surface area contributed by atoms with E-state index in [0.29, 0.717) is 18.1 Å². The molecule has 0 aliphatic rings. The third-order valence-electron chi connectivity index (χ3n) is 3.17. The number of benzene rings is 1. The molecule has 6 nitrogen and oxygen atoms in total. The topological polar surface area (TPSA) is 90.1 Å². The van der Waals surface area contributed by atoms with Gasteiger partial charge in [0.1, 0.15) is 5.82 Å². The van der Waals surface area contributed by atoms with Crippen LogP contribution in [-0.2, 0) is 11.3 Å². The number of anilines is 2. The molecule has 0 amide bonds. The standard InChI is InChI=1S/C15H18N4O2/c1-9-7-13(19-14(18-9)15(20)21-3)17-8-11-5-4-6-12(16)10(11)2/h4-7H,8,16H2,1-3H3,(H,17,18,19). The lowest BCUT2D eigenvalue weighted by Crippen LogP contribution is -2.11. The number of carbonyl (C=O) groups is 1. The molecule has 0 aliphatic carbocycles. The summed E-state index contributed by atoms with van der Waals surface area (Å²) in [6.45, 7) is 4.33. The van der Waals surface area contributed by atoms with Gasteiger partial charge in [0.2, 0.25) is 5.82 Å². The zero-order chi connectivity index (χ0) is 15.4. The molecule has 21 heavy (non-hydrogen) atoms. The highest BCUT2D eigenvalue weighted by atomic mass is 16.5. The van der Waals surface area contributed by atoms with E-state index in [9.17, 15) is 4.79 Å². The zero-order valence-corrected chi connectivity index (χ0v) is 12.3. The fourth-order valence-electron chi connectivity index (χ4n) is 1.92. The molecule has 0 saturated heterocycles. The Morgan fingerprint density at radius 1 is 1.33 bits per heavy atom. The van der Waals surface area contributed by atoms with Crippen molar-refractivity contribution >= 4 is 17.5 Å². The maximum Gasteiger partial charge on any atom is 0.376 e. The van der Waals surface area contributed by atoms with E-state index in [4.69, 9.17) is 5.73 Å². The Hall–Kier alpha value is -2.63. The van der Waals surface area contributed by atoms with Gasteiger partial charge in [0.05, 0.1) is 7.11 Å². The molecule has 1 aromatic heterocycles. The van der Waals surface area contributed by atoms with Crippen LogP contribution in [-0.4, -0.2) is 23.0 Å². The fraction of sp³-hybridized carbons (Fsp3) is 0.267. The Morgan fingerprint density at radius 3 is 2.81 bits per heavy atom. The first-order chi connectivity index (χ1) is 10.0. The number of nitrogen functional groups attached to an aromatic ring is 1. The van der Waals surface area contributed by atoms with Gasteiger partial charge in [0.25, 0.3) is 0 Å². The van der Waals surface area contributed by atoms with E-state index in [2.05, 4.69) is 20.0 Å². The Balaban J connectivity index is 2.18. The number of ether oxygens (including phenoxy) is 1. The van der Waals surface area contributed by atoms with Crippen LogP contribution in [0, 0.1) is 13.8 Å². The van der Waals surface area contributed by atoms with Crippen molar-refractivity contribution in [2.24, 2.45) is 0 Å². The summed E-state index contributed by atoms with van der Waals surface area (Å²) in [6, 6.07) is 7.54. The molecule has 0 aliphatic heterocycles. The van der Waals surface area contributed by atoms with Crippen molar-refractivity contribution in [2.75, 3.05) is 18.2 Å². The SMILES string of the molecule is COC(=O)c1nc(C)cc(NCc2cccc(N)c2C)n1. The predicted octanol–water partition coefficient (Wildman–Crippen LogP) is 2.07. The maximum absolute atomic E-state index is 11.5. The number of nitrogens with one attached hydrogen (secondary N) is 1. The molecule has 0 atom stereocenters. The summed E-state index contributed by atoms with van der Waals surface area (Å²) in [5, 5.41) is 3.17. The molecular formula is C15H18N4O2. The van der Waals surface area contributed by atoms with Crippen LogP contribution in [0.3, 0.4) is 0 Å². The van der Waals surface area contributed by atoms with E-state index in [1.807, 2.05) is 25.1 Å². The van der Waals surface area contributed by atoms with Gasteiger partial charge in [-0.1, -0.05) is 12.1 Å². The molecule has 0 spiro atoms. The molecule has 2 rings (SSSR count). The molecule has 110 valence electrons. The van der Waals surface area contributed by atoms with Gasteiger partial charge >= 0.3 is 5.97 Å². The molecule has 0 fully saturated rings. The van der Waals surface area contributed by atoms with E-state index in [-0.39, 0.29) is 5.82 Å². The Morgan fingerprint density at radius 2 is 2.10 bits per heavy atom. The first-order valence-corrected chi connectivity index (χ1v) is 6.53. The number of aromatic nitrogens is 2. The number of hydrogen-bond acceptors (Lipinski definition) is 6. The van der Waals surface area contributed by atoms with Crippen LogP contribution in [0.4, 0.5) is 11.5 Å². The summed E-state index contributed by atoms with van der Waals surface area (Å²) in [5.41, 5.74) is 9.43. The van der Waals surface area contributed by atoms with Gasteiger partial charge in [-0.25, -0.2) is 14.8 Å². The molecule has 1 aromatic carbocycles. The fourth-order valence-corrected chi connectivity index (χ4v) is 1.92. The molecule has 6 heteroatoms. The largest absolute Gasteiger partial charge is 0.463 e. The van der Waals surface area contributed by atoms with Crippen LogP contribution in [0.25, 0.3) is 0 Å². The molecule has 2 aromatic rings. The highest BCUT2D eigenvalue weighted by Crippen LogP contribution is 2.17. The molecule has 0 unspecified atom stereocenters. The van der Waals surface area contributed by atoms with Crippen LogP contribution in [0.5, 0.6) is 0 Å². The third kappa shape index (κ3) is 3.47. The minimum atomic E-state index is -0.554. The average molecular weight is 286 g/mol. The van der Waals surface area contributed by atoms with Gasteiger partial charge in [-0.2, -0.15) is 0 Å². The zero-order valence-electron chi connectivity index (χ0n) is 12.3. The van der Waals surface area contributed by atoms with Gasteiger partial charge in [0.15, 0.2) is 0 Å². The van der Waals surface area contributed by atoms with Crippen LogP contribution in [0.15, 0.2) is 24.3 Å². The first-order valence-electron chi connectivity index (χ1n) is 6.53. The normalized spacial score (nSPS) is 10.2. The molecule has 0 bridgehead atoms. The van der Waals surface area contributed by atoms with Crippen LogP contribution < -0.4 is 11.1 Å². The number of hydrogen-bond donors (Lipinski definition) is 2. The van der Waals surface area contributed by atoms with Gasteiger partial charge in [-0.15, -0.1) is 0 Å². The van der Waals surface area contributed by atoms with Crippen molar-refractivity contribution in [3.63, 3.8) is 0 Å². The lowest BCUT2D eigenvalue weighted by Gasteiger charge is -2.11. The second kappa shape index (κ2) is 6.21. The van der Waals surface area contributed by atoms with Gasteiger partial charge in [-0.3, -0.25) is 0 Å². The van der Waals surface area contributed by atoms with Gasteiger partial charge in [-0.05, 0) is 31.0 Å². The van der Waals surface area contributed by atoms with Crippen LogP contribution >= 0.6 is 0 Å². The molecule has 0 radical (unpaired) electrons. The van der Waals surface area contributed by atoms with E-state index in [1.54, 1.807) is 13.0 Å². The second-order valence-corrected chi connectivity index (χ2v) is 4.69. The summed E-state index contributed by atoms with van der Waals surface area (Å²) in [4.78, 5) is 19.7. The monoisotopic (exact) mass is 286 g/mol. The number of nitrogens with zero attached hydrogens (tertiary/aromatic N) is 2. The molecule has 3 N–H and O–H groups in total. The van der Waals surface area contributed by atoms with E-state index >= 15 is 0 Å². The predicted molar refractivity (Wildman–Crippen MR) is 81.0 cm³/mol. The highest BCUT2D eigenvalue weighted by molar-refractivity contribution is 5.85. The summed E-state index contributed by atoms with van der Waals surface area (Å²) in [7, 11) is 1.30. The Kier molecular flexibility index (Phi) is 4.37. The Labute approximate surface area is 123 Å². The smallest absolute Gasteiger partial charge is 0.376 e. The van der Waals surface area contributed by atoms with Crippen molar-refractivity contribution in [2.45, 2.75) is 20.4 Å². The second-order valence-electron chi connectivity index (χ2n) is 4.69. The van der Waals surface area contributed by atoms with Crippen LogP contribution in [0.1, 0.15) is 27.4 Å². The average Bonchev–Trinajstić information content (AvgIpc) is 2.47. The third-order valence-corrected chi connectivity index (χ3v) is 3.17. The summed E-state index contributed by atoms with van der Waals surface area (Å²) >= 11 is 0. The lowest BCUT2D eigenvalue weighted by atomic mass is 10.1. The van der Waals surface area contributed by atoms with Gasteiger partial charge in [0, 0.05) is 24.0 Å². The maximum atomic E-state index is 11.5. The van der Waals surface area contributed by atoms with Crippen molar-refractivity contribution < 1.29 is 9.53 Å². The molecular weight excluding hydrogens is 268 g/mol. The minimum absolute atomic E-state index is 0.0456.